The highest BCUT2D eigenvalue weighted by Crippen LogP contribution is 2.16. The zero-order valence-electron chi connectivity index (χ0n) is 12.1. The van der Waals surface area contributed by atoms with Gasteiger partial charge >= 0.3 is 0 Å². The molecule has 0 saturated heterocycles. The molecule has 2 unspecified atom stereocenters. The summed E-state index contributed by atoms with van der Waals surface area (Å²) in [6.07, 6.45) is -1.30. The molecule has 21 heavy (non-hydrogen) atoms. The molecule has 0 aliphatic carbocycles. The van der Waals surface area contributed by atoms with Gasteiger partial charge in [0.2, 0.25) is 0 Å². The van der Waals surface area contributed by atoms with Gasteiger partial charge in [-0.15, -0.1) is 0 Å². The molecule has 0 aliphatic rings. The average Bonchev–Trinajstić information content (AvgIpc) is 2.98. The number of carbonyl (C=O) groups excluding carboxylic acids is 1. The van der Waals surface area contributed by atoms with Gasteiger partial charge in [0.15, 0.2) is 6.10 Å². The number of hydrogen-bond donors (Lipinski definition) is 2. The molecule has 1 amide bonds. The average molecular weight is 305 g/mol. The van der Waals surface area contributed by atoms with Crippen molar-refractivity contribution >= 4 is 17.2 Å². The topological polar surface area (TPSA) is 58.6 Å². The molecule has 0 saturated carbocycles. The number of carbonyl (C=O) groups is 1. The highest BCUT2D eigenvalue weighted by molar-refractivity contribution is 7.07. The van der Waals surface area contributed by atoms with Crippen molar-refractivity contribution in [2.24, 2.45) is 0 Å². The van der Waals surface area contributed by atoms with Gasteiger partial charge in [0.1, 0.15) is 5.75 Å². The van der Waals surface area contributed by atoms with Gasteiger partial charge < -0.3 is 15.2 Å². The van der Waals surface area contributed by atoms with Crippen LogP contribution in [0.15, 0.2) is 41.1 Å². The number of hydrogen-bond acceptors (Lipinski definition) is 4. The minimum Gasteiger partial charge on any atom is -0.481 e. The number of aryl methyl sites for hydroxylation is 1. The second-order valence-corrected chi connectivity index (χ2v) is 5.67. The van der Waals surface area contributed by atoms with E-state index in [-0.39, 0.29) is 12.5 Å². The van der Waals surface area contributed by atoms with E-state index in [1.807, 2.05) is 48.0 Å². The van der Waals surface area contributed by atoms with Crippen LogP contribution in [0, 0.1) is 6.92 Å². The molecule has 0 fully saturated rings. The van der Waals surface area contributed by atoms with E-state index in [1.54, 1.807) is 6.92 Å². The number of nitrogens with one attached hydrogen (secondary N) is 1. The molecular formula is C16H19NO3S. The Labute approximate surface area is 128 Å². The first-order chi connectivity index (χ1) is 10.1. The van der Waals surface area contributed by atoms with Crippen molar-refractivity contribution in [2.75, 3.05) is 6.54 Å². The van der Waals surface area contributed by atoms with E-state index in [0.29, 0.717) is 5.75 Å². The first kappa shape index (κ1) is 15.5. The summed E-state index contributed by atoms with van der Waals surface area (Å²) in [5.41, 5.74) is 1.89. The molecule has 0 bridgehead atoms. The standard InChI is InChI=1S/C16H19NO3S/c1-11-4-3-5-14(8-11)20-12(2)16(19)17-9-15(18)13-6-7-21-10-13/h3-8,10,12,15,18H,9H2,1-2H3,(H,17,19). The molecule has 2 atom stereocenters. The van der Waals surface area contributed by atoms with Crippen LogP contribution in [0.3, 0.4) is 0 Å². The number of benzene rings is 1. The van der Waals surface area contributed by atoms with Gasteiger partial charge in [0.25, 0.3) is 5.91 Å². The van der Waals surface area contributed by atoms with E-state index in [4.69, 9.17) is 4.74 Å². The monoisotopic (exact) mass is 305 g/mol. The quantitative estimate of drug-likeness (QED) is 0.862. The van der Waals surface area contributed by atoms with Crippen LogP contribution in [0.1, 0.15) is 24.2 Å². The van der Waals surface area contributed by atoms with Crippen molar-refractivity contribution in [1.82, 2.24) is 5.32 Å². The summed E-state index contributed by atoms with van der Waals surface area (Å²) in [4.78, 5) is 12.0. The molecule has 0 spiro atoms. The Morgan fingerprint density at radius 3 is 2.90 bits per heavy atom. The maximum absolute atomic E-state index is 12.0. The van der Waals surface area contributed by atoms with E-state index in [1.165, 1.54) is 11.3 Å². The third kappa shape index (κ3) is 4.58. The van der Waals surface area contributed by atoms with Gasteiger partial charge in [0.05, 0.1) is 6.10 Å². The fraction of sp³-hybridized carbons (Fsp3) is 0.312. The van der Waals surface area contributed by atoms with Crippen LogP contribution in [-0.4, -0.2) is 23.7 Å². The number of rotatable bonds is 6. The van der Waals surface area contributed by atoms with Crippen molar-refractivity contribution in [3.8, 4) is 5.75 Å². The Morgan fingerprint density at radius 1 is 1.43 bits per heavy atom. The molecule has 112 valence electrons. The summed E-state index contributed by atoms with van der Waals surface area (Å²) in [5, 5.41) is 16.4. The van der Waals surface area contributed by atoms with Crippen molar-refractivity contribution in [2.45, 2.75) is 26.1 Å². The maximum atomic E-state index is 12.0. The van der Waals surface area contributed by atoms with Gasteiger partial charge in [-0.05, 0) is 53.9 Å². The highest BCUT2D eigenvalue weighted by atomic mass is 32.1. The van der Waals surface area contributed by atoms with Crippen LogP contribution in [-0.2, 0) is 4.79 Å². The molecule has 0 aliphatic heterocycles. The van der Waals surface area contributed by atoms with Crippen LogP contribution in [0.4, 0.5) is 0 Å². The molecule has 0 radical (unpaired) electrons. The summed E-state index contributed by atoms with van der Waals surface area (Å²) >= 11 is 1.51. The smallest absolute Gasteiger partial charge is 0.260 e. The highest BCUT2D eigenvalue weighted by Gasteiger charge is 2.16. The number of amides is 1. The fourth-order valence-corrected chi connectivity index (χ4v) is 2.58. The third-order valence-corrected chi connectivity index (χ3v) is 3.77. The van der Waals surface area contributed by atoms with Gasteiger partial charge in [-0.2, -0.15) is 11.3 Å². The van der Waals surface area contributed by atoms with E-state index < -0.39 is 12.2 Å². The fourth-order valence-electron chi connectivity index (χ4n) is 1.87. The Balaban J connectivity index is 1.82. The molecule has 5 heteroatoms. The number of aliphatic hydroxyl groups is 1. The molecule has 1 aromatic carbocycles. The second kappa shape index (κ2) is 7.24. The Morgan fingerprint density at radius 2 is 2.24 bits per heavy atom. The Hall–Kier alpha value is -1.85. The normalized spacial score (nSPS) is 13.5. The van der Waals surface area contributed by atoms with Crippen LogP contribution in [0.25, 0.3) is 0 Å². The lowest BCUT2D eigenvalue weighted by Crippen LogP contribution is -2.38. The van der Waals surface area contributed by atoms with E-state index in [9.17, 15) is 9.90 Å². The molecule has 1 heterocycles. The van der Waals surface area contributed by atoms with Crippen molar-refractivity contribution in [3.05, 3.63) is 52.2 Å². The van der Waals surface area contributed by atoms with E-state index in [2.05, 4.69) is 5.32 Å². The van der Waals surface area contributed by atoms with E-state index >= 15 is 0 Å². The molecule has 4 nitrogen and oxygen atoms in total. The molecule has 2 rings (SSSR count). The summed E-state index contributed by atoms with van der Waals surface area (Å²) < 4.78 is 5.59. The van der Waals surface area contributed by atoms with Gasteiger partial charge in [-0.3, -0.25) is 4.79 Å². The summed E-state index contributed by atoms with van der Waals surface area (Å²) in [6.45, 7) is 3.83. The minimum absolute atomic E-state index is 0.178. The first-order valence-electron chi connectivity index (χ1n) is 6.77. The molecule has 1 aromatic heterocycles. The molecule has 2 N–H and O–H groups in total. The van der Waals surface area contributed by atoms with Gasteiger partial charge in [-0.25, -0.2) is 0 Å². The third-order valence-electron chi connectivity index (χ3n) is 3.07. The van der Waals surface area contributed by atoms with Crippen LogP contribution in [0.5, 0.6) is 5.75 Å². The number of thiophene rings is 1. The van der Waals surface area contributed by atoms with Crippen LogP contribution >= 0.6 is 11.3 Å². The number of ether oxygens (including phenoxy) is 1. The van der Waals surface area contributed by atoms with Crippen LogP contribution < -0.4 is 10.1 Å². The zero-order chi connectivity index (χ0) is 15.2. The Bertz CT molecular complexity index is 583. The predicted octanol–water partition coefficient (Wildman–Crippen LogP) is 2.67. The molecular weight excluding hydrogens is 286 g/mol. The van der Waals surface area contributed by atoms with Crippen LogP contribution in [0.2, 0.25) is 0 Å². The lowest BCUT2D eigenvalue weighted by molar-refractivity contribution is -0.127. The van der Waals surface area contributed by atoms with Crippen molar-refractivity contribution in [1.29, 1.82) is 0 Å². The van der Waals surface area contributed by atoms with Crippen molar-refractivity contribution in [3.63, 3.8) is 0 Å². The lowest BCUT2D eigenvalue weighted by atomic mass is 10.2. The van der Waals surface area contributed by atoms with Gasteiger partial charge in [-0.1, -0.05) is 12.1 Å². The SMILES string of the molecule is Cc1cccc(OC(C)C(=O)NCC(O)c2ccsc2)c1. The van der Waals surface area contributed by atoms with Gasteiger partial charge in [0, 0.05) is 6.54 Å². The summed E-state index contributed by atoms with van der Waals surface area (Å²) in [6, 6.07) is 9.39. The largest absolute Gasteiger partial charge is 0.481 e. The Kier molecular flexibility index (Phi) is 5.36. The van der Waals surface area contributed by atoms with Crippen molar-refractivity contribution < 1.29 is 14.6 Å². The minimum atomic E-state index is -0.689. The predicted molar refractivity (Wildman–Crippen MR) is 83.6 cm³/mol. The zero-order valence-corrected chi connectivity index (χ0v) is 12.9. The first-order valence-corrected chi connectivity index (χ1v) is 7.71. The maximum Gasteiger partial charge on any atom is 0.260 e. The molecule has 2 aromatic rings. The number of aliphatic hydroxyl groups excluding tert-OH is 1. The summed E-state index contributed by atoms with van der Waals surface area (Å²) in [5.74, 6) is 0.418. The lowest BCUT2D eigenvalue weighted by Gasteiger charge is -2.16. The second-order valence-electron chi connectivity index (χ2n) is 4.89. The summed E-state index contributed by atoms with van der Waals surface area (Å²) in [7, 11) is 0. The van der Waals surface area contributed by atoms with E-state index in [0.717, 1.165) is 11.1 Å².